The van der Waals surface area contributed by atoms with Gasteiger partial charge < -0.3 is 10.2 Å². The van der Waals surface area contributed by atoms with E-state index in [1.807, 2.05) is 37.3 Å². The van der Waals surface area contributed by atoms with Gasteiger partial charge in [0.25, 0.3) is 0 Å². The summed E-state index contributed by atoms with van der Waals surface area (Å²) in [5, 5.41) is 3.53. The molecule has 0 aliphatic rings. The van der Waals surface area contributed by atoms with Gasteiger partial charge in [0.15, 0.2) is 0 Å². The van der Waals surface area contributed by atoms with E-state index in [9.17, 15) is 9.59 Å². The summed E-state index contributed by atoms with van der Waals surface area (Å²) in [6.45, 7) is 2.19. The van der Waals surface area contributed by atoms with Crippen molar-refractivity contribution in [3.8, 4) is 0 Å². The highest BCUT2D eigenvalue weighted by Crippen LogP contribution is 2.24. The summed E-state index contributed by atoms with van der Waals surface area (Å²) >= 11 is 17.1. The molecule has 2 rings (SSSR count). The summed E-state index contributed by atoms with van der Waals surface area (Å²) in [5.74, 6) is 0.730. The normalized spacial score (nSPS) is 11.8. The maximum absolute atomic E-state index is 13.0. The summed E-state index contributed by atoms with van der Waals surface area (Å²) in [5.41, 5.74) is 1.97. The molecular formula is C21H23BrCl2N2O2S. The quantitative estimate of drug-likeness (QED) is 0.474. The fraction of sp³-hybridized carbons (Fsp3) is 0.333. The third kappa shape index (κ3) is 7.21. The molecule has 0 fully saturated rings. The number of hydrogen-bond donors (Lipinski definition) is 1. The second kappa shape index (κ2) is 11.8. The zero-order chi connectivity index (χ0) is 21.4. The summed E-state index contributed by atoms with van der Waals surface area (Å²) in [6, 6.07) is 12.7. The number of thioether (sulfide) groups is 1. The number of halogens is 3. The summed E-state index contributed by atoms with van der Waals surface area (Å²) in [6.07, 6.45) is 0.518. The number of likely N-dealkylation sites (N-methyl/N-ethyl adjacent to an activating group) is 1. The van der Waals surface area contributed by atoms with E-state index in [1.165, 1.54) is 11.8 Å². The molecule has 0 radical (unpaired) electrons. The molecule has 156 valence electrons. The monoisotopic (exact) mass is 516 g/mol. The van der Waals surface area contributed by atoms with Crippen LogP contribution in [0.3, 0.4) is 0 Å². The van der Waals surface area contributed by atoms with Crippen LogP contribution < -0.4 is 5.32 Å². The molecule has 2 aromatic rings. The molecule has 0 aliphatic carbocycles. The van der Waals surface area contributed by atoms with Crippen LogP contribution in [0.4, 0.5) is 0 Å². The molecule has 0 saturated carbocycles. The van der Waals surface area contributed by atoms with Crippen LogP contribution >= 0.6 is 50.9 Å². The van der Waals surface area contributed by atoms with E-state index >= 15 is 0 Å². The van der Waals surface area contributed by atoms with E-state index in [0.29, 0.717) is 23.0 Å². The van der Waals surface area contributed by atoms with E-state index in [1.54, 1.807) is 24.1 Å². The van der Waals surface area contributed by atoms with Crippen LogP contribution in [0.15, 0.2) is 46.9 Å². The van der Waals surface area contributed by atoms with Crippen LogP contribution in [0.2, 0.25) is 10.0 Å². The Bertz CT molecular complexity index is 849. The lowest BCUT2D eigenvalue weighted by Crippen LogP contribution is -2.48. The molecule has 2 amide bonds. The van der Waals surface area contributed by atoms with Crippen LogP contribution in [0.5, 0.6) is 0 Å². The Hall–Kier alpha value is -1.21. The first-order valence-electron chi connectivity index (χ1n) is 9.12. The molecule has 1 N–H and O–H groups in total. The number of benzene rings is 2. The molecule has 8 heteroatoms. The van der Waals surface area contributed by atoms with E-state index in [2.05, 4.69) is 21.2 Å². The van der Waals surface area contributed by atoms with Crippen LogP contribution in [0, 0.1) is 0 Å². The van der Waals surface area contributed by atoms with Gasteiger partial charge in [-0.2, -0.15) is 0 Å². The number of nitrogens with one attached hydrogen (secondary N) is 1. The number of amides is 2. The molecule has 4 nitrogen and oxygen atoms in total. The first-order chi connectivity index (χ1) is 13.8. The van der Waals surface area contributed by atoms with Gasteiger partial charge in [-0.15, -0.1) is 11.8 Å². The Kier molecular flexibility index (Phi) is 9.83. The summed E-state index contributed by atoms with van der Waals surface area (Å²) in [4.78, 5) is 27.0. The summed E-state index contributed by atoms with van der Waals surface area (Å²) in [7, 11) is 1.58. The molecule has 29 heavy (non-hydrogen) atoms. The number of carbonyl (C=O) groups excluding carboxylic acids is 2. The van der Waals surface area contributed by atoms with Crippen molar-refractivity contribution < 1.29 is 9.59 Å². The van der Waals surface area contributed by atoms with Gasteiger partial charge in [-0.3, -0.25) is 9.59 Å². The fourth-order valence-electron chi connectivity index (χ4n) is 2.84. The van der Waals surface area contributed by atoms with Gasteiger partial charge in [0, 0.05) is 23.8 Å². The van der Waals surface area contributed by atoms with Crippen LogP contribution in [-0.2, 0) is 21.9 Å². The van der Waals surface area contributed by atoms with E-state index in [4.69, 9.17) is 23.2 Å². The number of hydrogen-bond acceptors (Lipinski definition) is 3. The van der Waals surface area contributed by atoms with Gasteiger partial charge in [-0.25, -0.2) is 0 Å². The lowest BCUT2D eigenvalue weighted by molar-refractivity contribution is -0.139. The highest BCUT2D eigenvalue weighted by molar-refractivity contribution is 9.10. The van der Waals surface area contributed by atoms with Crippen LogP contribution in [0.1, 0.15) is 24.5 Å². The predicted molar refractivity (Wildman–Crippen MR) is 125 cm³/mol. The lowest BCUT2D eigenvalue weighted by Gasteiger charge is -2.30. The zero-order valence-corrected chi connectivity index (χ0v) is 20.2. The predicted octanol–water partition coefficient (Wildman–Crippen LogP) is 5.54. The van der Waals surface area contributed by atoms with Gasteiger partial charge in [-0.1, -0.05) is 64.3 Å². The minimum Gasteiger partial charge on any atom is -0.357 e. The maximum atomic E-state index is 13.0. The van der Waals surface area contributed by atoms with Crippen molar-refractivity contribution in [2.75, 3.05) is 12.8 Å². The Morgan fingerprint density at radius 3 is 2.34 bits per heavy atom. The highest BCUT2D eigenvalue weighted by Gasteiger charge is 2.27. The maximum Gasteiger partial charge on any atom is 0.242 e. The zero-order valence-electron chi connectivity index (χ0n) is 16.3. The molecule has 0 saturated heterocycles. The van der Waals surface area contributed by atoms with E-state index in [0.717, 1.165) is 21.4 Å². The van der Waals surface area contributed by atoms with Crippen molar-refractivity contribution in [1.82, 2.24) is 10.2 Å². The largest absolute Gasteiger partial charge is 0.357 e. The second-order valence-corrected chi connectivity index (χ2v) is 9.14. The fourth-order valence-corrected chi connectivity index (χ4v) is 4.30. The molecule has 0 unspecified atom stereocenters. The van der Waals surface area contributed by atoms with Crippen molar-refractivity contribution >= 4 is 62.7 Å². The lowest BCUT2D eigenvalue weighted by atomic mass is 10.1. The molecule has 0 bridgehead atoms. The molecule has 0 aromatic heterocycles. The Morgan fingerprint density at radius 2 is 1.76 bits per heavy atom. The van der Waals surface area contributed by atoms with Crippen molar-refractivity contribution in [3.63, 3.8) is 0 Å². The Balaban J connectivity index is 2.11. The minimum atomic E-state index is -0.546. The first kappa shape index (κ1) is 24.1. The molecule has 1 atom stereocenters. The number of rotatable bonds is 9. The molecule has 0 spiro atoms. The third-order valence-electron chi connectivity index (χ3n) is 4.38. The van der Waals surface area contributed by atoms with Crippen molar-refractivity contribution in [3.05, 3.63) is 68.1 Å². The Morgan fingerprint density at radius 1 is 1.10 bits per heavy atom. The minimum absolute atomic E-state index is 0.0892. The van der Waals surface area contributed by atoms with Crippen molar-refractivity contribution in [2.45, 2.75) is 31.7 Å². The van der Waals surface area contributed by atoms with Crippen LogP contribution in [0.25, 0.3) is 0 Å². The van der Waals surface area contributed by atoms with Crippen molar-refractivity contribution in [2.24, 2.45) is 0 Å². The Labute approximate surface area is 194 Å². The standard InChI is InChI=1S/C21H23BrCl2N2O2S/c1-3-19(21(28)25-2)26(11-15-6-9-17(23)18(24)10-15)20(27)13-29-12-14-4-7-16(22)8-5-14/h4-10,19H,3,11-13H2,1-2H3,(H,25,28)/t19-/m1/s1. The van der Waals surface area contributed by atoms with E-state index < -0.39 is 6.04 Å². The molecule has 0 heterocycles. The van der Waals surface area contributed by atoms with E-state index in [-0.39, 0.29) is 17.6 Å². The number of carbonyl (C=O) groups is 2. The molecule has 0 aliphatic heterocycles. The highest BCUT2D eigenvalue weighted by atomic mass is 79.9. The van der Waals surface area contributed by atoms with Gasteiger partial charge in [-0.05, 0) is 41.8 Å². The average Bonchev–Trinajstić information content (AvgIpc) is 2.71. The third-order valence-corrected chi connectivity index (χ3v) is 6.63. The summed E-state index contributed by atoms with van der Waals surface area (Å²) < 4.78 is 1.02. The van der Waals surface area contributed by atoms with Crippen LogP contribution in [-0.4, -0.2) is 35.6 Å². The number of nitrogens with zero attached hydrogens (tertiary/aromatic N) is 1. The SMILES string of the molecule is CC[C@H](C(=O)NC)N(Cc1ccc(Cl)c(Cl)c1)C(=O)CSCc1ccc(Br)cc1. The average molecular weight is 518 g/mol. The van der Waals surface area contributed by atoms with Gasteiger partial charge >= 0.3 is 0 Å². The molecular weight excluding hydrogens is 495 g/mol. The first-order valence-corrected chi connectivity index (χ1v) is 11.8. The van der Waals surface area contributed by atoms with Gasteiger partial charge in [0.2, 0.25) is 11.8 Å². The smallest absolute Gasteiger partial charge is 0.242 e. The van der Waals surface area contributed by atoms with Gasteiger partial charge in [0.1, 0.15) is 6.04 Å². The second-order valence-electron chi connectivity index (χ2n) is 6.43. The molecule has 2 aromatic carbocycles. The topological polar surface area (TPSA) is 49.4 Å². The van der Waals surface area contributed by atoms with Crippen molar-refractivity contribution in [1.29, 1.82) is 0 Å². The van der Waals surface area contributed by atoms with Gasteiger partial charge in [0.05, 0.1) is 15.8 Å².